The van der Waals surface area contributed by atoms with E-state index < -0.39 is 11.8 Å². The van der Waals surface area contributed by atoms with Crippen LogP contribution in [0, 0.1) is 0 Å². The van der Waals surface area contributed by atoms with Gasteiger partial charge >= 0.3 is 0 Å². The van der Waals surface area contributed by atoms with E-state index in [4.69, 9.17) is 33.6 Å². The summed E-state index contributed by atoms with van der Waals surface area (Å²) in [7, 11) is 0. The quantitative estimate of drug-likeness (QED) is 0.477. The van der Waals surface area contributed by atoms with Gasteiger partial charge in [-0.05, 0) is 12.1 Å². The minimum absolute atomic E-state index is 0.0884. The second kappa shape index (κ2) is 5.13. The molecule has 0 aromatic heterocycles. The Morgan fingerprint density at radius 3 is 1.50 bits per heavy atom. The molecule has 86 valence electrons. The van der Waals surface area contributed by atoms with Crippen LogP contribution in [0.3, 0.4) is 0 Å². The van der Waals surface area contributed by atoms with Crippen molar-refractivity contribution in [2.24, 2.45) is 0 Å². The molecule has 0 radical (unpaired) electrons. The van der Waals surface area contributed by atoms with Crippen molar-refractivity contribution in [1.82, 2.24) is 11.0 Å². The van der Waals surface area contributed by atoms with Gasteiger partial charge < -0.3 is 0 Å². The van der Waals surface area contributed by atoms with Crippen molar-refractivity contribution in [3.63, 3.8) is 0 Å². The second-order valence-electron chi connectivity index (χ2n) is 2.69. The summed E-state index contributed by atoms with van der Waals surface area (Å²) in [6.07, 6.45) is 0. The molecule has 1 aromatic carbocycles. The van der Waals surface area contributed by atoms with E-state index >= 15 is 0 Å². The van der Waals surface area contributed by atoms with Crippen LogP contribution in [0.5, 0.6) is 0 Å². The fourth-order valence-electron chi connectivity index (χ4n) is 1.02. The van der Waals surface area contributed by atoms with Gasteiger partial charge in [0.25, 0.3) is 11.8 Å². The van der Waals surface area contributed by atoms with Gasteiger partial charge in [0, 0.05) is 0 Å². The summed E-state index contributed by atoms with van der Waals surface area (Å²) in [5.74, 6) is -1.72. The average molecular weight is 265 g/mol. The number of nitrogens with one attached hydrogen (secondary N) is 2. The Labute approximate surface area is 99.7 Å². The normalized spacial score (nSPS) is 9.75. The molecule has 0 aliphatic heterocycles. The van der Waals surface area contributed by atoms with Gasteiger partial charge in [-0.1, -0.05) is 23.2 Å². The first-order chi connectivity index (χ1) is 7.51. The molecule has 6 nitrogen and oxygen atoms in total. The molecule has 0 fully saturated rings. The fraction of sp³-hybridized carbons (Fsp3) is 0. The van der Waals surface area contributed by atoms with Crippen LogP contribution in [0.2, 0.25) is 10.0 Å². The van der Waals surface area contributed by atoms with Gasteiger partial charge in [0.1, 0.15) is 0 Å². The molecule has 1 rings (SSSR count). The third kappa shape index (κ3) is 2.42. The maximum atomic E-state index is 11.1. The first-order valence-electron chi connectivity index (χ1n) is 3.89. The van der Waals surface area contributed by atoms with Gasteiger partial charge in [0.2, 0.25) is 0 Å². The molecule has 0 saturated carbocycles. The largest absolute Gasteiger partial charge is 0.288 e. The highest BCUT2D eigenvalue weighted by Crippen LogP contribution is 2.25. The van der Waals surface area contributed by atoms with Crippen LogP contribution in [0.25, 0.3) is 0 Å². The SMILES string of the molecule is O=C(NO)c1cc(Cl)c(C(=O)NO)cc1Cl. The molecule has 0 atom stereocenters. The van der Waals surface area contributed by atoms with Crippen molar-refractivity contribution in [2.45, 2.75) is 0 Å². The van der Waals surface area contributed by atoms with Crippen LogP contribution >= 0.6 is 23.2 Å². The summed E-state index contributed by atoms with van der Waals surface area (Å²) in [5, 5.41) is 16.6. The van der Waals surface area contributed by atoms with Crippen molar-refractivity contribution < 1.29 is 20.0 Å². The molecule has 16 heavy (non-hydrogen) atoms. The van der Waals surface area contributed by atoms with Gasteiger partial charge in [0.15, 0.2) is 0 Å². The molecule has 0 bridgehead atoms. The highest BCUT2D eigenvalue weighted by molar-refractivity contribution is 6.37. The molecule has 8 heteroatoms. The lowest BCUT2D eigenvalue weighted by Crippen LogP contribution is -2.21. The van der Waals surface area contributed by atoms with Crippen LogP contribution in [-0.4, -0.2) is 22.2 Å². The monoisotopic (exact) mass is 264 g/mol. The van der Waals surface area contributed by atoms with Crippen molar-refractivity contribution in [3.05, 3.63) is 33.3 Å². The van der Waals surface area contributed by atoms with Crippen LogP contribution in [0.15, 0.2) is 12.1 Å². The smallest absolute Gasteiger partial charge is 0.276 e. The number of carbonyl (C=O) groups excluding carboxylic acids is 2. The van der Waals surface area contributed by atoms with E-state index in [0.29, 0.717) is 0 Å². The van der Waals surface area contributed by atoms with Gasteiger partial charge in [-0.15, -0.1) is 0 Å². The molecule has 4 N–H and O–H groups in total. The number of amides is 2. The first-order valence-corrected chi connectivity index (χ1v) is 4.64. The van der Waals surface area contributed by atoms with Crippen molar-refractivity contribution in [3.8, 4) is 0 Å². The van der Waals surface area contributed by atoms with Crippen LogP contribution in [-0.2, 0) is 0 Å². The molecule has 0 heterocycles. The van der Waals surface area contributed by atoms with Crippen LogP contribution in [0.1, 0.15) is 20.7 Å². The molecule has 0 spiro atoms. The highest BCUT2D eigenvalue weighted by Gasteiger charge is 2.16. The van der Waals surface area contributed by atoms with Gasteiger partial charge in [-0.2, -0.15) is 0 Å². The Hall–Kier alpha value is -1.34. The van der Waals surface area contributed by atoms with E-state index in [1.807, 2.05) is 0 Å². The zero-order chi connectivity index (χ0) is 12.3. The summed E-state index contributed by atoms with van der Waals surface area (Å²) >= 11 is 11.4. The van der Waals surface area contributed by atoms with Gasteiger partial charge in [-0.3, -0.25) is 20.0 Å². The second-order valence-corrected chi connectivity index (χ2v) is 3.51. The van der Waals surface area contributed by atoms with Crippen molar-refractivity contribution in [2.75, 3.05) is 0 Å². The third-order valence-electron chi connectivity index (χ3n) is 1.75. The maximum Gasteiger partial charge on any atom is 0.276 e. The van der Waals surface area contributed by atoms with E-state index in [-0.39, 0.29) is 21.2 Å². The van der Waals surface area contributed by atoms with Crippen LogP contribution in [0.4, 0.5) is 0 Å². The van der Waals surface area contributed by atoms with E-state index in [1.54, 1.807) is 0 Å². The van der Waals surface area contributed by atoms with Gasteiger partial charge in [0.05, 0.1) is 21.2 Å². The number of carbonyl (C=O) groups is 2. The fourth-order valence-corrected chi connectivity index (χ4v) is 1.51. The number of hydrogen-bond acceptors (Lipinski definition) is 4. The molecule has 0 aliphatic carbocycles. The van der Waals surface area contributed by atoms with Gasteiger partial charge in [-0.25, -0.2) is 11.0 Å². The summed E-state index contributed by atoms with van der Waals surface area (Å²) in [4.78, 5) is 22.2. The summed E-state index contributed by atoms with van der Waals surface area (Å²) in [5.41, 5.74) is 2.57. The molecule has 2 amide bonds. The summed E-state index contributed by atoms with van der Waals surface area (Å²) < 4.78 is 0. The number of benzene rings is 1. The van der Waals surface area contributed by atoms with E-state index in [9.17, 15) is 9.59 Å². The average Bonchev–Trinajstić information content (AvgIpc) is 2.29. The highest BCUT2D eigenvalue weighted by atomic mass is 35.5. The number of rotatable bonds is 2. The predicted octanol–water partition coefficient (Wildman–Crippen LogP) is 1.23. The predicted molar refractivity (Wildman–Crippen MR) is 55.0 cm³/mol. The number of hydrogen-bond donors (Lipinski definition) is 4. The Morgan fingerprint density at radius 1 is 0.938 bits per heavy atom. The Morgan fingerprint density at radius 2 is 1.25 bits per heavy atom. The van der Waals surface area contributed by atoms with Crippen molar-refractivity contribution in [1.29, 1.82) is 0 Å². The lowest BCUT2D eigenvalue weighted by Gasteiger charge is -2.06. The molecular formula is C8H6Cl2N2O4. The van der Waals surface area contributed by atoms with Crippen molar-refractivity contribution >= 4 is 35.0 Å². The standard InChI is InChI=1S/C8H6Cl2N2O4/c9-5-1-3(7(13)11-15)6(10)2-4(5)8(14)12-16/h1-2,15-16H,(H,11,13)(H,12,14). The Balaban J connectivity index is 3.27. The van der Waals surface area contributed by atoms with E-state index in [2.05, 4.69) is 0 Å². The zero-order valence-electron chi connectivity index (χ0n) is 7.62. The third-order valence-corrected chi connectivity index (χ3v) is 2.37. The minimum atomic E-state index is -0.858. The van der Waals surface area contributed by atoms with Crippen LogP contribution < -0.4 is 11.0 Å². The number of hydroxylamine groups is 2. The summed E-state index contributed by atoms with van der Waals surface area (Å²) in [6, 6.07) is 2.19. The molecule has 0 saturated heterocycles. The zero-order valence-corrected chi connectivity index (χ0v) is 9.13. The maximum absolute atomic E-state index is 11.1. The molecule has 0 aliphatic rings. The topological polar surface area (TPSA) is 98.7 Å². The number of halogens is 2. The molecular weight excluding hydrogens is 259 g/mol. The molecule has 0 unspecified atom stereocenters. The first kappa shape index (κ1) is 12.7. The van der Waals surface area contributed by atoms with E-state index in [1.165, 1.54) is 11.0 Å². The van der Waals surface area contributed by atoms with E-state index in [0.717, 1.165) is 12.1 Å². The lowest BCUT2D eigenvalue weighted by atomic mass is 10.1. The summed E-state index contributed by atoms with van der Waals surface area (Å²) in [6.45, 7) is 0. The Kier molecular flexibility index (Phi) is 4.08. The lowest BCUT2D eigenvalue weighted by molar-refractivity contribution is 0.0698. The minimum Gasteiger partial charge on any atom is -0.288 e. The molecule has 1 aromatic rings. The Bertz CT molecular complexity index is 408.